The Morgan fingerprint density at radius 3 is 1.83 bits per heavy atom. The minimum absolute atomic E-state index is 0.0362. The molecule has 0 amide bonds. The van der Waals surface area contributed by atoms with E-state index >= 15 is 0 Å². The molecule has 3 nitrogen and oxygen atoms in total. The van der Waals surface area contributed by atoms with Crippen LogP contribution in [0.25, 0.3) is 83.2 Å². The van der Waals surface area contributed by atoms with Gasteiger partial charge in [0.25, 0.3) is 0 Å². The van der Waals surface area contributed by atoms with E-state index in [-0.39, 0.29) is 21.7 Å². The number of anilines is 2. The largest absolute Gasteiger partial charge is 0.455 e. The summed E-state index contributed by atoms with van der Waals surface area (Å²) in [5, 5.41) is 7.82. The summed E-state index contributed by atoms with van der Waals surface area (Å²) < 4.78 is 9.74. The number of nitrogens with zero attached hydrogens (tertiary/aromatic N) is 1. The lowest BCUT2D eigenvalue weighted by molar-refractivity contribution is 0.590. The van der Waals surface area contributed by atoms with Gasteiger partial charge in [0.05, 0.1) is 5.52 Å². The summed E-state index contributed by atoms with van der Waals surface area (Å²) in [5.41, 5.74) is 24.5. The molecule has 340 valence electrons. The van der Waals surface area contributed by atoms with Crippen LogP contribution in [-0.4, -0.2) is 11.8 Å². The predicted octanol–water partition coefficient (Wildman–Crippen LogP) is 16.2. The zero-order chi connectivity index (χ0) is 47.9. The molecule has 0 spiro atoms. The summed E-state index contributed by atoms with van der Waals surface area (Å²) in [5.74, 6) is 0.900. The minimum atomic E-state index is -0.284. The molecule has 69 heavy (non-hydrogen) atoms. The molecule has 0 radical (unpaired) electrons. The van der Waals surface area contributed by atoms with E-state index in [4.69, 9.17) is 4.42 Å². The molecular weight excluding hydrogens is 836 g/mol. The number of hydrogen-bond donors (Lipinski definition) is 1. The highest BCUT2D eigenvalue weighted by Crippen LogP contribution is 2.57. The Morgan fingerprint density at radius 1 is 0.536 bits per heavy atom. The summed E-state index contributed by atoms with van der Waals surface area (Å²) in [6, 6.07) is 59.0. The average Bonchev–Trinajstić information content (AvgIpc) is 3.94. The Labute approximate surface area is 408 Å². The molecule has 1 aliphatic carbocycles. The maximum atomic E-state index is 7.10. The fraction of sp³-hybridized carbons (Fsp3) is 0.231. The van der Waals surface area contributed by atoms with E-state index in [9.17, 15) is 0 Å². The molecule has 4 heteroatoms. The van der Waals surface area contributed by atoms with Crippen molar-refractivity contribution >= 4 is 62.4 Å². The fourth-order valence-electron chi connectivity index (χ4n) is 11.7. The minimum Gasteiger partial charge on any atom is -0.455 e. The van der Waals surface area contributed by atoms with Gasteiger partial charge in [0, 0.05) is 60.8 Å². The van der Waals surface area contributed by atoms with Crippen LogP contribution < -0.4 is 16.2 Å². The first kappa shape index (κ1) is 43.3. The Bertz CT molecular complexity index is 3720. The smallest absolute Gasteiger partial charge is 0.198 e. The topological polar surface area (TPSA) is 30.1 Å². The summed E-state index contributed by atoms with van der Waals surface area (Å²) >= 11 is 0. The highest BCUT2D eigenvalue weighted by atomic mass is 16.3. The van der Waals surface area contributed by atoms with E-state index in [0.29, 0.717) is 0 Å². The third kappa shape index (κ3) is 6.69. The average molecular weight is 897 g/mol. The van der Waals surface area contributed by atoms with Crippen molar-refractivity contribution in [3.8, 4) is 50.4 Å². The van der Waals surface area contributed by atoms with Crippen molar-refractivity contribution in [2.45, 2.75) is 97.8 Å². The monoisotopic (exact) mass is 896 g/mol. The standard InChI is InChI=1S/C65H61BN2O/c1-62(2,3)40-26-30-43(31-27-40)67-50-32-28-41(63(4,5)6)34-45(50)56-55-44-24-18-19-25-48(44)65(10,11)58(55)57-46-35-42(64(7,8)9)29-33-51(46)68-52-36-47-53(37-49(52)66-59(56)60(57)68)69-61(39-22-16-13-17-23-39)54(47)38-20-14-12-15-21-38/h12-37,66-67H,1-11H3. The zero-order valence-corrected chi connectivity index (χ0v) is 42.1. The molecule has 0 saturated heterocycles. The van der Waals surface area contributed by atoms with Gasteiger partial charge in [-0.2, -0.15) is 0 Å². The SMILES string of the molecule is CC(C)(C)c1ccc(Nc2ccc(C(C)(C)C)cc2-c2c3c(c4c5cc(C(C)(C)C)ccc5n5c4c2Bc2cc4oc(-c6ccccc6)c(-c6ccccc6)c4cc2-5)C(C)(C)c2ccccc2-3)cc1. The highest BCUT2D eigenvalue weighted by molar-refractivity contribution is 6.74. The van der Waals surface area contributed by atoms with Crippen LogP contribution in [0.1, 0.15) is 104 Å². The summed E-state index contributed by atoms with van der Waals surface area (Å²) in [6.45, 7) is 25.8. The van der Waals surface area contributed by atoms with Crippen LogP contribution in [0.15, 0.2) is 162 Å². The summed E-state index contributed by atoms with van der Waals surface area (Å²) in [4.78, 5) is 0. The van der Waals surface area contributed by atoms with Gasteiger partial charge in [-0.05, 0) is 120 Å². The molecule has 1 N–H and O–H groups in total. The lowest BCUT2D eigenvalue weighted by Gasteiger charge is -2.29. The van der Waals surface area contributed by atoms with Crippen molar-refractivity contribution in [1.82, 2.24) is 4.57 Å². The van der Waals surface area contributed by atoms with Crippen molar-refractivity contribution in [3.05, 3.63) is 186 Å². The third-order valence-corrected chi connectivity index (χ3v) is 15.4. The number of fused-ring (bicyclic) bond motifs is 10. The van der Waals surface area contributed by atoms with Crippen LogP contribution in [0.4, 0.5) is 11.4 Å². The molecular formula is C65H61BN2O. The van der Waals surface area contributed by atoms with Gasteiger partial charge in [-0.3, -0.25) is 0 Å². The second-order valence-corrected chi connectivity index (χ2v) is 23.5. The van der Waals surface area contributed by atoms with Crippen LogP contribution in [0, 0.1) is 0 Å². The van der Waals surface area contributed by atoms with Gasteiger partial charge in [0.1, 0.15) is 11.3 Å². The van der Waals surface area contributed by atoms with Gasteiger partial charge in [0.15, 0.2) is 7.28 Å². The number of nitrogens with one attached hydrogen (secondary N) is 1. The molecule has 0 fully saturated rings. The molecule has 2 aromatic heterocycles. The van der Waals surface area contributed by atoms with E-state index in [0.717, 1.165) is 52.1 Å². The van der Waals surface area contributed by atoms with E-state index in [2.05, 4.69) is 244 Å². The molecule has 2 aliphatic rings. The number of rotatable bonds is 5. The summed E-state index contributed by atoms with van der Waals surface area (Å²) in [7, 11) is 0.747. The Morgan fingerprint density at radius 2 is 1.14 bits per heavy atom. The lowest BCUT2D eigenvalue weighted by atomic mass is 9.57. The van der Waals surface area contributed by atoms with Gasteiger partial charge < -0.3 is 14.3 Å². The van der Waals surface area contributed by atoms with E-state index in [1.54, 1.807) is 0 Å². The van der Waals surface area contributed by atoms with Crippen molar-refractivity contribution in [2.75, 3.05) is 5.32 Å². The molecule has 8 aromatic carbocycles. The van der Waals surface area contributed by atoms with Gasteiger partial charge in [0.2, 0.25) is 0 Å². The highest BCUT2D eigenvalue weighted by Gasteiger charge is 2.43. The quantitative estimate of drug-likeness (QED) is 0.175. The van der Waals surface area contributed by atoms with Crippen LogP contribution in [0.2, 0.25) is 0 Å². The zero-order valence-electron chi connectivity index (χ0n) is 42.1. The number of hydrogen-bond acceptors (Lipinski definition) is 2. The molecule has 12 rings (SSSR count). The van der Waals surface area contributed by atoms with E-state index in [1.165, 1.54) is 88.5 Å². The van der Waals surface area contributed by atoms with Crippen molar-refractivity contribution in [3.63, 3.8) is 0 Å². The first-order chi connectivity index (χ1) is 32.9. The number of aromatic nitrogens is 1. The van der Waals surface area contributed by atoms with E-state index in [1.807, 2.05) is 0 Å². The van der Waals surface area contributed by atoms with Crippen molar-refractivity contribution in [1.29, 1.82) is 0 Å². The Kier molecular flexibility index (Phi) is 9.39. The summed E-state index contributed by atoms with van der Waals surface area (Å²) in [6.07, 6.45) is 0. The maximum Gasteiger partial charge on any atom is 0.198 e. The lowest BCUT2D eigenvalue weighted by Crippen LogP contribution is -2.38. The first-order valence-corrected chi connectivity index (χ1v) is 24.9. The molecule has 0 unspecified atom stereocenters. The predicted molar refractivity (Wildman–Crippen MR) is 297 cm³/mol. The fourth-order valence-corrected chi connectivity index (χ4v) is 11.7. The first-order valence-electron chi connectivity index (χ1n) is 24.9. The molecule has 0 atom stereocenters. The van der Waals surface area contributed by atoms with Crippen molar-refractivity contribution in [2.24, 2.45) is 0 Å². The van der Waals surface area contributed by atoms with Crippen molar-refractivity contribution < 1.29 is 4.42 Å². The van der Waals surface area contributed by atoms with Gasteiger partial charge in [-0.1, -0.05) is 191 Å². The second-order valence-electron chi connectivity index (χ2n) is 23.5. The van der Waals surface area contributed by atoms with Crippen LogP contribution in [0.5, 0.6) is 0 Å². The molecule has 3 heterocycles. The van der Waals surface area contributed by atoms with Crippen LogP contribution >= 0.6 is 0 Å². The van der Waals surface area contributed by atoms with Gasteiger partial charge >= 0.3 is 0 Å². The Hall–Kier alpha value is -7.04. The molecule has 10 aromatic rings. The third-order valence-electron chi connectivity index (χ3n) is 15.4. The second kappa shape index (κ2) is 15.0. The van der Waals surface area contributed by atoms with Gasteiger partial charge in [-0.15, -0.1) is 0 Å². The number of furan rings is 1. The van der Waals surface area contributed by atoms with E-state index < -0.39 is 0 Å². The van der Waals surface area contributed by atoms with Crippen LogP contribution in [0.3, 0.4) is 0 Å². The van der Waals surface area contributed by atoms with Gasteiger partial charge in [-0.25, -0.2) is 0 Å². The molecule has 0 saturated carbocycles. The van der Waals surface area contributed by atoms with Crippen LogP contribution in [-0.2, 0) is 21.7 Å². The molecule has 1 aliphatic heterocycles. The maximum absolute atomic E-state index is 7.10. The molecule has 0 bridgehead atoms. The number of benzene rings is 8. The Balaban J connectivity index is 1.24. The normalized spacial score (nSPS) is 14.0.